The number of aromatic nitrogens is 2. The van der Waals surface area contributed by atoms with Gasteiger partial charge in [-0.15, -0.1) is 0 Å². The highest BCUT2D eigenvalue weighted by Crippen LogP contribution is 2.03. The van der Waals surface area contributed by atoms with Gasteiger partial charge in [0.15, 0.2) is 0 Å². The molecule has 1 N–H and O–H groups in total. The highest BCUT2D eigenvalue weighted by atomic mass is 16.5. The van der Waals surface area contributed by atoms with E-state index in [4.69, 9.17) is 9.47 Å². The molecule has 1 aromatic heterocycles. The van der Waals surface area contributed by atoms with E-state index < -0.39 is 0 Å². The quantitative estimate of drug-likeness (QED) is 0.619. The van der Waals surface area contributed by atoms with E-state index >= 15 is 0 Å². The second kappa shape index (κ2) is 10.5. The van der Waals surface area contributed by atoms with Gasteiger partial charge in [-0.1, -0.05) is 0 Å². The van der Waals surface area contributed by atoms with Crippen molar-refractivity contribution in [3.05, 3.63) is 18.1 Å². The maximum atomic E-state index is 5.42. The number of hydrogen-bond donors (Lipinski definition) is 1. The van der Waals surface area contributed by atoms with Gasteiger partial charge in [-0.2, -0.15) is 0 Å². The maximum Gasteiger partial charge on any atom is 0.144 e. The summed E-state index contributed by atoms with van der Waals surface area (Å²) >= 11 is 0. The van der Waals surface area contributed by atoms with Gasteiger partial charge in [-0.3, -0.25) is 9.88 Å². The van der Waals surface area contributed by atoms with Gasteiger partial charge in [0.1, 0.15) is 5.82 Å². The number of ether oxygens (including phenoxy) is 2. The van der Waals surface area contributed by atoms with Crippen LogP contribution in [0, 0.1) is 0 Å². The molecule has 0 spiro atoms. The van der Waals surface area contributed by atoms with Crippen LogP contribution in [0.2, 0.25) is 0 Å². The molecule has 0 aliphatic heterocycles. The lowest BCUT2D eigenvalue weighted by molar-refractivity contribution is 0.0792. The summed E-state index contributed by atoms with van der Waals surface area (Å²) < 4.78 is 10.8. The van der Waals surface area contributed by atoms with Crippen molar-refractivity contribution in [3.8, 4) is 0 Å². The Morgan fingerprint density at radius 2 is 1.70 bits per heavy atom. The van der Waals surface area contributed by atoms with E-state index in [1.165, 1.54) is 0 Å². The Morgan fingerprint density at radius 3 is 2.15 bits per heavy atom. The molecule has 1 aromatic rings. The van der Waals surface area contributed by atoms with Crippen molar-refractivity contribution >= 4 is 5.82 Å². The molecule has 0 aromatic carbocycles. The lowest BCUT2D eigenvalue weighted by Crippen LogP contribution is -2.31. The Labute approximate surface area is 121 Å². The van der Waals surface area contributed by atoms with Gasteiger partial charge in [0.05, 0.1) is 31.3 Å². The van der Waals surface area contributed by atoms with Crippen molar-refractivity contribution < 1.29 is 9.47 Å². The molecule has 114 valence electrons. The van der Waals surface area contributed by atoms with Crippen LogP contribution in [0.4, 0.5) is 5.82 Å². The molecule has 0 saturated carbocycles. The zero-order valence-electron chi connectivity index (χ0n) is 12.8. The summed E-state index contributed by atoms with van der Waals surface area (Å²) in [4.78, 5) is 11.0. The molecular formula is C14H26N4O2. The van der Waals surface area contributed by atoms with Gasteiger partial charge in [0, 0.05) is 39.9 Å². The fourth-order valence-electron chi connectivity index (χ4n) is 1.74. The molecular weight excluding hydrogens is 256 g/mol. The monoisotopic (exact) mass is 282 g/mol. The zero-order chi connectivity index (χ0) is 14.6. The van der Waals surface area contributed by atoms with Crippen molar-refractivity contribution in [1.29, 1.82) is 0 Å². The predicted octanol–water partition coefficient (Wildman–Crippen LogP) is 1.39. The second-order valence-electron chi connectivity index (χ2n) is 4.31. The summed E-state index contributed by atoms with van der Waals surface area (Å²) in [6.07, 6.45) is 3.55. The van der Waals surface area contributed by atoms with Crippen LogP contribution >= 0.6 is 0 Å². The fourth-order valence-corrected chi connectivity index (χ4v) is 1.74. The highest BCUT2D eigenvalue weighted by Gasteiger charge is 2.07. The van der Waals surface area contributed by atoms with Crippen molar-refractivity contribution in [1.82, 2.24) is 14.9 Å². The van der Waals surface area contributed by atoms with E-state index in [9.17, 15) is 0 Å². The SMILES string of the molecule is CCOCCN(CCOCC)Cc1cnc(NC)cn1. The van der Waals surface area contributed by atoms with E-state index in [0.29, 0.717) is 0 Å². The van der Waals surface area contributed by atoms with Crippen LogP contribution in [-0.2, 0) is 16.0 Å². The van der Waals surface area contributed by atoms with Gasteiger partial charge in [0.2, 0.25) is 0 Å². The average Bonchev–Trinajstić information content (AvgIpc) is 2.48. The molecule has 0 aliphatic rings. The molecule has 0 aliphatic carbocycles. The molecule has 20 heavy (non-hydrogen) atoms. The first kappa shape index (κ1) is 16.8. The normalized spacial score (nSPS) is 11.0. The molecule has 0 saturated heterocycles. The first-order valence-corrected chi connectivity index (χ1v) is 7.16. The van der Waals surface area contributed by atoms with Crippen LogP contribution < -0.4 is 5.32 Å². The third-order valence-electron chi connectivity index (χ3n) is 2.86. The number of rotatable bonds is 11. The fraction of sp³-hybridized carbons (Fsp3) is 0.714. The van der Waals surface area contributed by atoms with Crippen LogP contribution in [0.25, 0.3) is 0 Å². The minimum atomic E-state index is 0.727. The molecule has 0 atom stereocenters. The van der Waals surface area contributed by atoms with Gasteiger partial charge in [-0.25, -0.2) is 4.98 Å². The highest BCUT2D eigenvalue weighted by molar-refractivity contribution is 5.29. The Morgan fingerprint density at radius 1 is 1.05 bits per heavy atom. The van der Waals surface area contributed by atoms with Gasteiger partial charge in [-0.05, 0) is 13.8 Å². The third-order valence-corrected chi connectivity index (χ3v) is 2.86. The van der Waals surface area contributed by atoms with Gasteiger partial charge >= 0.3 is 0 Å². The molecule has 0 unspecified atom stereocenters. The average molecular weight is 282 g/mol. The minimum absolute atomic E-state index is 0.727. The summed E-state index contributed by atoms with van der Waals surface area (Å²) in [6, 6.07) is 0. The van der Waals surface area contributed by atoms with Crippen LogP contribution in [0.3, 0.4) is 0 Å². The van der Waals surface area contributed by atoms with Crippen molar-refractivity contribution in [2.24, 2.45) is 0 Å². The number of nitrogens with one attached hydrogen (secondary N) is 1. The minimum Gasteiger partial charge on any atom is -0.380 e. The zero-order valence-corrected chi connectivity index (χ0v) is 12.8. The Kier molecular flexibility index (Phi) is 8.86. The second-order valence-corrected chi connectivity index (χ2v) is 4.31. The molecule has 0 fully saturated rings. The number of nitrogens with zero attached hydrogens (tertiary/aromatic N) is 3. The van der Waals surface area contributed by atoms with Crippen LogP contribution in [0.15, 0.2) is 12.4 Å². The van der Waals surface area contributed by atoms with Crippen LogP contribution in [-0.4, -0.2) is 61.4 Å². The summed E-state index contributed by atoms with van der Waals surface area (Å²) in [5.41, 5.74) is 0.956. The Bertz CT molecular complexity index is 336. The molecule has 6 nitrogen and oxygen atoms in total. The molecule has 0 bridgehead atoms. The third kappa shape index (κ3) is 6.79. The van der Waals surface area contributed by atoms with Crippen molar-refractivity contribution in [3.63, 3.8) is 0 Å². The topological polar surface area (TPSA) is 59.5 Å². The Hall–Kier alpha value is -1.24. The van der Waals surface area contributed by atoms with Crippen LogP contribution in [0.5, 0.6) is 0 Å². The van der Waals surface area contributed by atoms with Gasteiger partial charge < -0.3 is 14.8 Å². The van der Waals surface area contributed by atoms with E-state index in [1.807, 2.05) is 20.9 Å². The summed E-state index contributed by atoms with van der Waals surface area (Å²) in [6.45, 7) is 9.46. The molecule has 0 amide bonds. The first-order chi connectivity index (χ1) is 9.80. The number of anilines is 1. The smallest absolute Gasteiger partial charge is 0.144 e. The lowest BCUT2D eigenvalue weighted by atomic mass is 10.3. The first-order valence-electron chi connectivity index (χ1n) is 7.16. The lowest BCUT2D eigenvalue weighted by Gasteiger charge is -2.21. The number of hydrogen-bond acceptors (Lipinski definition) is 6. The van der Waals surface area contributed by atoms with E-state index in [0.717, 1.165) is 57.6 Å². The largest absolute Gasteiger partial charge is 0.380 e. The van der Waals surface area contributed by atoms with Crippen molar-refractivity contribution in [2.45, 2.75) is 20.4 Å². The molecule has 0 radical (unpaired) electrons. The van der Waals surface area contributed by atoms with Gasteiger partial charge in [0.25, 0.3) is 0 Å². The van der Waals surface area contributed by atoms with E-state index in [-0.39, 0.29) is 0 Å². The maximum absolute atomic E-state index is 5.42. The summed E-state index contributed by atoms with van der Waals surface area (Å²) in [5.74, 6) is 0.781. The van der Waals surface area contributed by atoms with E-state index in [2.05, 4.69) is 20.2 Å². The van der Waals surface area contributed by atoms with E-state index in [1.54, 1.807) is 12.4 Å². The molecule has 1 rings (SSSR count). The predicted molar refractivity (Wildman–Crippen MR) is 79.8 cm³/mol. The summed E-state index contributed by atoms with van der Waals surface area (Å²) in [5, 5.41) is 2.96. The van der Waals surface area contributed by atoms with Crippen LogP contribution in [0.1, 0.15) is 19.5 Å². The molecule has 6 heteroatoms. The molecule has 1 heterocycles. The summed E-state index contributed by atoms with van der Waals surface area (Å²) in [7, 11) is 1.83. The Balaban J connectivity index is 2.47. The van der Waals surface area contributed by atoms with Crippen molar-refractivity contribution in [2.75, 3.05) is 51.9 Å². The standard InChI is InChI=1S/C14H26N4O2/c1-4-19-8-6-18(7-9-20-5-2)12-13-10-17-14(15-3)11-16-13/h10-11H,4-9,12H2,1-3H3,(H,15,17).